The van der Waals surface area contributed by atoms with Crippen LogP contribution in [0.15, 0.2) is 60.8 Å². The maximum Gasteiger partial charge on any atom is 0.227 e. The van der Waals surface area contributed by atoms with Gasteiger partial charge in [-0.2, -0.15) is 0 Å². The lowest BCUT2D eigenvalue weighted by Gasteiger charge is -2.17. The molecule has 2 aliphatic carbocycles. The second-order valence-corrected chi connectivity index (χ2v) is 7.69. The monoisotopic (exact) mass is 417 g/mol. The highest BCUT2D eigenvalue weighted by atomic mass is 16.5. The van der Waals surface area contributed by atoms with Crippen molar-refractivity contribution >= 4 is 17.6 Å². The van der Waals surface area contributed by atoms with Crippen LogP contribution >= 0.6 is 0 Å². The highest BCUT2D eigenvalue weighted by molar-refractivity contribution is 5.94. The molecule has 0 atom stereocenters. The van der Waals surface area contributed by atoms with Gasteiger partial charge in [-0.25, -0.2) is 0 Å². The van der Waals surface area contributed by atoms with Crippen molar-refractivity contribution in [3.05, 3.63) is 72.0 Å². The molecule has 5 heteroatoms. The number of carbonyl (C=O) groups is 1. The summed E-state index contributed by atoms with van der Waals surface area (Å²) in [6.45, 7) is 5.31. The zero-order chi connectivity index (χ0) is 21.8. The summed E-state index contributed by atoms with van der Waals surface area (Å²) in [7, 11) is 3.30. The number of methoxy groups -OCH3 is 2. The van der Waals surface area contributed by atoms with Crippen molar-refractivity contribution in [1.82, 2.24) is 5.32 Å². The molecule has 0 heterocycles. The molecule has 1 N–H and O–H groups in total. The van der Waals surface area contributed by atoms with Gasteiger partial charge in [-0.05, 0) is 65.5 Å². The Bertz CT molecular complexity index is 1060. The van der Waals surface area contributed by atoms with E-state index in [4.69, 9.17) is 14.2 Å². The Hall–Kier alpha value is -3.31. The van der Waals surface area contributed by atoms with E-state index >= 15 is 0 Å². The van der Waals surface area contributed by atoms with Crippen LogP contribution in [0.3, 0.4) is 0 Å². The number of amides is 1. The first-order chi connectivity index (χ1) is 15.1. The van der Waals surface area contributed by atoms with Crippen LogP contribution in [0, 0.1) is 5.92 Å². The molecule has 5 nitrogen and oxygen atoms in total. The smallest absolute Gasteiger partial charge is 0.227 e. The second-order valence-electron chi connectivity index (χ2n) is 7.69. The second kappa shape index (κ2) is 9.23. The summed E-state index contributed by atoms with van der Waals surface area (Å²) in [5.74, 6) is 1.71. The Morgan fingerprint density at radius 3 is 2.71 bits per heavy atom. The third-order valence-electron chi connectivity index (χ3n) is 5.43. The van der Waals surface area contributed by atoms with Crippen molar-refractivity contribution in [2.75, 3.05) is 27.4 Å². The molecular formula is C26H27NO4. The van der Waals surface area contributed by atoms with Gasteiger partial charge < -0.3 is 19.5 Å². The predicted molar refractivity (Wildman–Crippen MR) is 123 cm³/mol. The number of carbonyl (C=O) groups excluding carboxylic acids is 1. The molecule has 2 aliphatic rings. The molecule has 0 aromatic heterocycles. The van der Waals surface area contributed by atoms with Crippen molar-refractivity contribution in [2.24, 2.45) is 5.92 Å². The molecule has 2 aromatic rings. The summed E-state index contributed by atoms with van der Waals surface area (Å²) >= 11 is 0. The van der Waals surface area contributed by atoms with Gasteiger partial charge >= 0.3 is 0 Å². The zero-order valence-corrected chi connectivity index (χ0v) is 17.9. The van der Waals surface area contributed by atoms with Crippen LogP contribution in [0.1, 0.15) is 24.0 Å². The van der Waals surface area contributed by atoms with E-state index < -0.39 is 0 Å². The van der Waals surface area contributed by atoms with Gasteiger partial charge in [0, 0.05) is 24.3 Å². The van der Waals surface area contributed by atoms with Gasteiger partial charge in [0.25, 0.3) is 0 Å². The molecule has 1 amide bonds. The zero-order valence-electron chi connectivity index (χ0n) is 17.9. The highest BCUT2D eigenvalue weighted by Gasteiger charge is 2.30. The molecule has 1 saturated carbocycles. The van der Waals surface area contributed by atoms with Crippen LogP contribution in [0.25, 0.3) is 22.8 Å². The van der Waals surface area contributed by atoms with E-state index in [-0.39, 0.29) is 11.8 Å². The lowest BCUT2D eigenvalue weighted by molar-refractivity contribution is -0.121. The van der Waals surface area contributed by atoms with Gasteiger partial charge in [-0.15, -0.1) is 0 Å². The van der Waals surface area contributed by atoms with Gasteiger partial charge in [0.05, 0.1) is 13.7 Å². The molecule has 31 heavy (non-hydrogen) atoms. The largest absolute Gasteiger partial charge is 0.496 e. The van der Waals surface area contributed by atoms with Crippen molar-refractivity contribution in [3.8, 4) is 22.6 Å². The van der Waals surface area contributed by atoms with Crippen LogP contribution in [-0.2, 0) is 9.53 Å². The molecule has 160 valence electrons. The summed E-state index contributed by atoms with van der Waals surface area (Å²) < 4.78 is 16.5. The van der Waals surface area contributed by atoms with E-state index in [9.17, 15) is 4.79 Å². The summed E-state index contributed by atoms with van der Waals surface area (Å²) in [6, 6.07) is 11.9. The first-order valence-electron chi connectivity index (χ1n) is 10.4. The summed E-state index contributed by atoms with van der Waals surface area (Å²) in [4.78, 5) is 12.3. The van der Waals surface area contributed by atoms with Crippen LogP contribution < -0.4 is 14.8 Å². The summed E-state index contributed by atoms with van der Waals surface area (Å²) in [6.07, 6.45) is 7.72. The van der Waals surface area contributed by atoms with Crippen molar-refractivity contribution in [3.63, 3.8) is 0 Å². The first kappa shape index (κ1) is 20.9. The number of nitrogens with one attached hydrogen (secondary N) is 1. The van der Waals surface area contributed by atoms with Crippen LogP contribution in [0.2, 0.25) is 0 Å². The molecule has 0 unspecified atom stereocenters. The van der Waals surface area contributed by atoms with Gasteiger partial charge in [-0.1, -0.05) is 30.9 Å². The van der Waals surface area contributed by atoms with Crippen molar-refractivity contribution < 1.29 is 19.0 Å². The molecule has 1 fully saturated rings. The minimum atomic E-state index is 0.0704. The van der Waals surface area contributed by atoms with Gasteiger partial charge in [0.2, 0.25) is 5.91 Å². The number of ether oxygens (including phenoxy) is 3. The average Bonchev–Trinajstić information content (AvgIpc) is 3.63. The molecular weight excluding hydrogens is 390 g/mol. The Kier molecular flexibility index (Phi) is 6.23. The Morgan fingerprint density at radius 2 is 1.97 bits per heavy atom. The molecule has 0 aliphatic heterocycles. The third kappa shape index (κ3) is 4.72. The van der Waals surface area contributed by atoms with E-state index in [2.05, 4.69) is 11.9 Å². The van der Waals surface area contributed by atoms with Gasteiger partial charge in [0.1, 0.15) is 18.1 Å². The normalized spacial score (nSPS) is 15.0. The van der Waals surface area contributed by atoms with Crippen LogP contribution in [0.5, 0.6) is 11.5 Å². The molecule has 2 aromatic carbocycles. The van der Waals surface area contributed by atoms with E-state index in [1.165, 1.54) is 0 Å². The lowest BCUT2D eigenvalue weighted by atomic mass is 9.90. The summed E-state index contributed by atoms with van der Waals surface area (Å²) in [5, 5.41) is 3.04. The number of hydrogen-bond donors (Lipinski definition) is 1. The average molecular weight is 418 g/mol. The van der Waals surface area contributed by atoms with Crippen LogP contribution in [-0.4, -0.2) is 33.3 Å². The fourth-order valence-corrected chi connectivity index (χ4v) is 3.65. The quantitative estimate of drug-likeness (QED) is 0.625. The Balaban J connectivity index is 1.74. The van der Waals surface area contributed by atoms with Gasteiger partial charge in [0.15, 0.2) is 0 Å². The van der Waals surface area contributed by atoms with E-state index in [1.807, 2.05) is 54.6 Å². The SMILES string of the molecule is C=C1C=CC(NC(=O)C2CC2)=Cc2c(OC)ccc(-c3cccc(OCCOC)c3)c21. The summed E-state index contributed by atoms with van der Waals surface area (Å²) in [5.41, 5.74) is 5.49. The number of benzene rings is 2. The predicted octanol–water partition coefficient (Wildman–Crippen LogP) is 4.84. The van der Waals surface area contributed by atoms with E-state index in [0.717, 1.165) is 57.9 Å². The number of fused-ring (bicyclic) bond motifs is 1. The first-order valence-corrected chi connectivity index (χ1v) is 10.4. The van der Waals surface area contributed by atoms with Crippen molar-refractivity contribution in [1.29, 1.82) is 0 Å². The maximum atomic E-state index is 12.3. The molecule has 0 saturated heterocycles. The van der Waals surface area contributed by atoms with E-state index in [1.54, 1.807) is 14.2 Å². The minimum Gasteiger partial charge on any atom is -0.496 e. The van der Waals surface area contributed by atoms with Crippen LogP contribution in [0.4, 0.5) is 0 Å². The standard InChI is InChI=1S/C26H27NO4/c1-17-7-10-20(27-26(28)18-8-9-18)16-23-24(30-3)12-11-22(25(17)23)19-5-4-6-21(15-19)31-14-13-29-2/h4-7,10-12,15-16,18H,1,8-9,13-14H2,2-3H3,(H,27,28). The molecule has 0 bridgehead atoms. The van der Waals surface area contributed by atoms with E-state index in [0.29, 0.717) is 13.2 Å². The Labute approximate surface area is 183 Å². The number of allylic oxidation sites excluding steroid dienone is 3. The number of hydrogen-bond acceptors (Lipinski definition) is 4. The molecule has 4 rings (SSSR count). The highest BCUT2D eigenvalue weighted by Crippen LogP contribution is 2.40. The van der Waals surface area contributed by atoms with Crippen molar-refractivity contribution in [2.45, 2.75) is 12.8 Å². The molecule has 0 radical (unpaired) electrons. The Morgan fingerprint density at radius 1 is 1.13 bits per heavy atom. The van der Waals surface area contributed by atoms with Gasteiger partial charge in [-0.3, -0.25) is 4.79 Å². The number of rotatable bonds is 8. The minimum absolute atomic E-state index is 0.0704. The fraction of sp³-hybridized carbons (Fsp3) is 0.269. The third-order valence-corrected chi connectivity index (χ3v) is 5.43. The fourth-order valence-electron chi connectivity index (χ4n) is 3.65. The maximum absolute atomic E-state index is 12.3. The molecule has 0 spiro atoms. The lowest BCUT2D eigenvalue weighted by Crippen LogP contribution is -2.23. The topological polar surface area (TPSA) is 56.8 Å².